The molecule has 1 rings (SSSR count). The average Bonchev–Trinajstić information content (AvgIpc) is 2.45. The molecule has 0 radical (unpaired) electrons. The van der Waals surface area contributed by atoms with Crippen molar-refractivity contribution in [3.05, 3.63) is 0 Å². The first-order chi connectivity index (χ1) is 10.7. The Morgan fingerprint density at radius 3 is 2.35 bits per heavy atom. The molecule has 5 nitrogen and oxygen atoms in total. The SMILES string of the molecule is CC(C)N(CCNCC1(CO)CCCCC1)C(=O)OC(C)(C)C. The summed E-state index contributed by atoms with van der Waals surface area (Å²) in [4.78, 5) is 14.0. The van der Waals surface area contributed by atoms with Gasteiger partial charge in [-0.2, -0.15) is 0 Å². The average molecular weight is 328 g/mol. The summed E-state index contributed by atoms with van der Waals surface area (Å²) >= 11 is 0. The van der Waals surface area contributed by atoms with Gasteiger partial charge in [-0.05, 0) is 47.5 Å². The fourth-order valence-electron chi connectivity index (χ4n) is 3.13. The molecule has 0 heterocycles. The van der Waals surface area contributed by atoms with Crippen LogP contribution in [0.1, 0.15) is 66.7 Å². The molecule has 1 saturated carbocycles. The molecule has 0 aliphatic heterocycles. The number of hydrogen-bond acceptors (Lipinski definition) is 4. The molecule has 0 aromatic carbocycles. The highest BCUT2D eigenvalue weighted by Crippen LogP contribution is 2.35. The van der Waals surface area contributed by atoms with Gasteiger partial charge in [0.1, 0.15) is 5.60 Å². The van der Waals surface area contributed by atoms with E-state index in [2.05, 4.69) is 5.32 Å². The van der Waals surface area contributed by atoms with Crippen molar-refractivity contribution in [1.82, 2.24) is 10.2 Å². The second kappa shape index (κ2) is 8.88. The molecule has 0 atom stereocenters. The quantitative estimate of drug-likeness (QED) is 0.705. The van der Waals surface area contributed by atoms with Gasteiger partial charge in [0.05, 0.1) is 0 Å². The lowest BCUT2D eigenvalue weighted by Crippen LogP contribution is -2.46. The van der Waals surface area contributed by atoms with E-state index in [-0.39, 0.29) is 24.2 Å². The van der Waals surface area contributed by atoms with Crippen LogP contribution in [-0.2, 0) is 4.74 Å². The number of nitrogens with one attached hydrogen (secondary N) is 1. The maximum absolute atomic E-state index is 12.3. The van der Waals surface area contributed by atoms with Gasteiger partial charge >= 0.3 is 6.09 Å². The van der Waals surface area contributed by atoms with Gasteiger partial charge in [-0.25, -0.2) is 4.79 Å². The standard InChI is InChI=1S/C18H36N2O3/c1-15(2)20(16(22)23-17(3,4)5)12-11-19-13-18(14-21)9-7-6-8-10-18/h15,19,21H,6-14H2,1-5H3. The third-order valence-corrected chi connectivity index (χ3v) is 4.53. The van der Waals surface area contributed by atoms with Crippen molar-refractivity contribution in [2.45, 2.75) is 78.4 Å². The van der Waals surface area contributed by atoms with Gasteiger partial charge in [-0.15, -0.1) is 0 Å². The molecule has 1 fully saturated rings. The maximum Gasteiger partial charge on any atom is 0.410 e. The number of hydrogen-bond donors (Lipinski definition) is 2. The summed E-state index contributed by atoms with van der Waals surface area (Å²) in [5.41, 5.74) is -0.437. The summed E-state index contributed by atoms with van der Waals surface area (Å²) < 4.78 is 5.47. The molecule has 1 aliphatic carbocycles. The van der Waals surface area contributed by atoms with E-state index in [1.807, 2.05) is 34.6 Å². The van der Waals surface area contributed by atoms with Gasteiger partial charge < -0.3 is 20.1 Å². The Bertz CT molecular complexity index is 358. The van der Waals surface area contributed by atoms with Crippen molar-refractivity contribution in [3.63, 3.8) is 0 Å². The highest BCUT2D eigenvalue weighted by Gasteiger charge is 2.31. The Labute approximate surface area is 141 Å². The van der Waals surface area contributed by atoms with Crippen LogP contribution in [0, 0.1) is 5.41 Å². The second-order valence-corrected chi connectivity index (χ2v) is 8.16. The van der Waals surface area contributed by atoms with E-state index < -0.39 is 5.60 Å². The third-order valence-electron chi connectivity index (χ3n) is 4.53. The minimum Gasteiger partial charge on any atom is -0.444 e. The van der Waals surface area contributed by atoms with Crippen LogP contribution in [-0.4, -0.2) is 54.0 Å². The Morgan fingerprint density at radius 2 is 1.87 bits per heavy atom. The number of amides is 1. The molecule has 136 valence electrons. The van der Waals surface area contributed by atoms with Crippen molar-refractivity contribution in [2.75, 3.05) is 26.2 Å². The van der Waals surface area contributed by atoms with E-state index in [4.69, 9.17) is 4.74 Å². The van der Waals surface area contributed by atoms with Crippen LogP contribution in [0.15, 0.2) is 0 Å². The van der Waals surface area contributed by atoms with Crippen molar-refractivity contribution < 1.29 is 14.6 Å². The number of aliphatic hydroxyl groups is 1. The minimum absolute atomic E-state index is 0.0346. The van der Waals surface area contributed by atoms with Crippen molar-refractivity contribution in [2.24, 2.45) is 5.41 Å². The highest BCUT2D eigenvalue weighted by molar-refractivity contribution is 5.68. The second-order valence-electron chi connectivity index (χ2n) is 8.16. The normalized spacial score (nSPS) is 18.0. The predicted molar refractivity (Wildman–Crippen MR) is 93.5 cm³/mol. The number of ether oxygens (including phenoxy) is 1. The van der Waals surface area contributed by atoms with E-state index in [9.17, 15) is 9.90 Å². The van der Waals surface area contributed by atoms with Crippen LogP contribution in [0.3, 0.4) is 0 Å². The molecule has 5 heteroatoms. The van der Waals surface area contributed by atoms with Crippen molar-refractivity contribution >= 4 is 6.09 Å². The number of nitrogens with zero attached hydrogens (tertiary/aromatic N) is 1. The van der Waals surface area contributed by atoms with Crippen LogP contribution in [0.25, 0.3) is 0 Å². The van der Waals surface area contributed by atoms with Crippen LogP contribution in [0.2, 0.25) is 0 Å². The number of aliphatic hydroxyl groups excluding tert-OH is 1. The number of carbonyl (C=O) groups is 1. The molecule has 0 unspecified atom stereocenters. The lowest BCUT2D eigenvalue weighted by molar-refractivity contribution is 0.0188. The van der Waals surface area contributed by atoms with E-state index >= 15 is 0 Å². The Balaban J connectivity index is 2.42. The summed E-state index contributed by atoms with van der Waals surface area (Å²) in [7, 11) is 0. The van der Waals surface area contributed by atoms with Gasteiger partial charge in [0.15, 0.2) is 0 Å². The molecular formula is C18H36N2O3. The lowest BCUT2D eigenvalue weighted by Gasteiger charge is -2.36. The number of carbonyl (C=O) groups excluding carboxylic acids is 1. The molecule has 2 N–H and O–H groups in total. The van der Waals surface area contributed by atoms with Gasteiger partial charge in [-0.3, -0.25) is 0 Å². The maximum atomic E-state index is 12.3. The zero-order valence-electron chi connectivity index (χ0n) is 15.7. The molecular weight excluding hydrogens is 292 g/mol. The molecule has 0 aromatic heterocycles. The summed E-state index contributed by atoms with van der Waals surface area (Å²) in [6.45, 7) is 12.1. The largest absolute Gasteiger partial charge is 0.444 e. The monoisotopic (exact) mass is 328 g/mol. The van der Waals surface area contributed by atoms with E-state index in [1.54, 1.807) is 4.90 Å². The highest BCUT2D eigenvalue weighted by atomic mass is 16.6. The zero-order valence-corrected chi connectivity index (χ0v) is 15.7. The first-order valence-corrected chi connectivity index (χ1v) is 9.00. The van der Waals surface area contributed by atoms with Crippen LogP contribution >= 0.6 is 0 Å². The molecule has 0 bridgehead atoms. The minimum atomic E-state index is -0.472. The topological polar surface area (TPSA) is 61.8 Å². The summed E-state index contributed by atoms with van der Waals surface area (Å²) in [6.07, 6.45) is 5.62. The number of rotatable bonds is 7. The van der Waals surface area contributed by atoms with Gasteiger partial charge in [0.25, 0.3) is 0 Å². The predicted octanol–water partition coefficient (Wildman–Crippen LogP) is 3.16. The fourth-order valence-corrected chi connectivity index (χ4v) is 3.13. The zero-order chi connectivity index (χ0) is 17.5. The first kappa shape index (κ1) is 20.2. The van der Waals surface area contributed by atoms with Gasteiger partial charge in [0, 0.05) is 37.7 Å². The first-order valence-electron chi connectivity index (χ1n) is 9.00. The van der Waals surface area contributed by atoms with Gasteiger partial charge in [-0.1, -0.05) is 19.3 Å². The Kier molecular flexibility index (Phi) is 7.81. The van der Waals surface area contributed by atoms with Crippen LogP contribution < -0.4 is 5.32 Å². The Hall–Kier alpha value is -0.810. The molecule has 0 aromatic rings. The van der Waals surface area contributed by atoms with Crippen molar-refractivity contribution in [3.8, 4) is 0 Å². The molecule has 0 saturated heterocycles. The van der Waals surface area contributed by atoms with Crippen LogP contribution in [0.5, 0.6) is 0 Å². The Morgan fingerprint density at radius 1 is 1.26 bits per heavy atom. The van der Waals surface area contributed by atoms with Crippen LogP contribution in [0.4, 0.5) is 4.79 Å². The molecule has 0 spiro atoms. The van der Waals surface area contributed by atoms with E-state index in [0.717, 1.165) is 25.9 Å². The summed E-state index contributed by atoms with van der Waals surface area (Å²) in [5.74, 6) is 0. The van der Waals surface area contributed by atoms with Crippen molar-refractivity contribution in [1.29, 1.82) is 0 Å². The third kappa shape index (κ3) is 7.08. The fraction of sp³-hybridized carbons (Fsp3) is 0.944. The lowest BCUT2D eigenvalue weighted by atomic mass is 9.74. The van der Waals surface area contributed by atoms with E-state index in [0.29, 0.717) is 6.54 Å². The summed E-state index contributed by atoms with van der Waals surface area (Å²) in [5, 5.41) is 13.2. The summed E-state index contributed by atoms with van der Waals surface area (Å²) in [6, 6.07) is 0.105. The molecule has 1 aliphatic rings. The molecule has 23 heavy (non-hydrogen) atoms. The van der Waals surface area contributed by atoms with Gasteiger partial charge in [0.2, 0.25) is 0 Å². The molecule has 1 amide bonds. The smallest absolute Gasteiger partial charge is 0.410 e. The van der Waals surface area contributed by atoms with E-state index in [1.165, 1.54) is 19.3 Å².